The molecule has 2 heteroatoms. The molecule has 0 saturated carbocycles. The van der Waals surface area contributed by atoms with Crippen molar-refractivity contribution in [2.75, 3.05) is 0 Å². The Morgan fingerprint density at radius 2 is 2.62 bits per heavy atom. The molecule has 0 aromatic heterocycles. The van der Waals surface area contributed by atoms with E-state index in [0.29, 0.717) is 4.05 Å². The van der Waals surface area contributed by atoms with Crippen LogP contribution in [0.3, 0.4) is 0 Å². The number of aliphatic imine (C=N–C) groups is 1. The van der Waals surface area contributed by atoms with Crippen molar-refractivity contribution in [2.24, 2.45) is 4.99 Å². The summed E-state index contributed by atoms with van der Waals surface area (Å²) >= 11 is 2.33. The molecule has 0 aromatic rings. The Labute approximate surface area is 63.0 Å². The molecule has 0 bridgehead atoms. The Balaban J connectivity index is 2.59. The third kappa shape index (κ3) is 1.58. The fraction of sp³-hybridized carbons (Fsp3) is 0.500. The van der Waals surface area contributed by atoms with Crippen molar-refractivity contribution in [3.63, 3.8) is 0 Å². The summed E-state index contributed by atoms with van der Waals surface area (Å²) in [6.45, 7) is 2.14. The van der Waals surface area contributed by atoms with Gasteiger partial charge in [0.05, 0.1) is 0 Å². The zero-order valence-corrected chi connectivity index (χ0v) is 6.92. The molecule has 1 heterocycles. The molecule has 1 aliphatic heterocycles. The van der Waals surface area contributed by atoms with Gasteiger partial charge in [0.1, 0.15) is 4.05 Å². The van der Waals surface area contributed by atoms with Crippen molar-refractivity contribution in [2.45, 2.75) is 17.4 Å². The topological polar surface area (TPSA) is 12.4 Å². The van der Waals surface area contributed by atoms with E-state index in [0.717, 1.165) is 6.42 Å². The second kappa shape index (κ2) is 2.62. The third-order valence-corrected chi connectivity index (χ3v) is 1.86. The molecule has 0 aliphatic carbocycles. The molecule has 0 saturated heterocycles. The summed E-state index contributed by atoms with van der Waals surface area (Å²) in [7, 11) is 0. The van der Waals surface area contributed by atoms with Crippen LogP contribution in [0.15, 0.2) is 16.6 Å². The molecule has 8 heavy (non-hydrogen) atoms. The van der Waals surface area contributed by atoms with E-state index in [1.165, 1.54) is 5.57 Å². The molecule has 0 fully saturated rings. The summed E-state index contributed by atoms with van der Waals surface area (Å²) in [5, 5.41) is 0. The van der Waals surface area contributed by atoms with Gasteiger partial charge in [0, 0.05) is 6.21 Å². The molecule has 44 valence electrons. The maximum absolute atomic E-state index is 4.17. The van der Waals surface area contributed by atoms with Crippen LogP contribution in [-0.2, 0) is 0 Å². The van der Waals surface area contributed by atoms with Gasteiger partial charge in [-0.1, -0.05) is 28.2 Å². The zero-order valence-electron chi connectivity index (χ0n) is 4.76. The second-order valence-electron chi connectivity index (χ2n) is 1.95. The minimum absolute atomic E-state index is 0.484. The summed E-state index contributed by atoms with van der Waals surface area (Å²) < 4.78 is 0.484. The highest BCUT2D eigenvalue weighted by molar-refractivity contribution is 14.1. The molecular weight excluding hydrogens is 213 g/mol. The lowest BCUT2D eigenvalue weighted by molar-refractivity contribution is 0.912. The second-order valence-corrected chi connectivity index (χ2v) is 3.39. The van der Waals surface area contributed by atoms with Gasteiger partial charge in [0.25, 0.3) is 0 Å². The fourth-order valence-corrected chi connectivity index (χ4v) is 1.53. The van der Waals surface area contributed by atoms with Crippen molar-refractivity contribution in [1.82, 2.24) is 0 Å². The van der Waals surface area contributed by atoms with Gasteiger partial charge in [-0.2, -0.15) is 0 Å². The van der Waals surface area contributed by atoms with Gasteiger partial charge in [0.15, 0.2) is 0 Å². The lowest BCUT2D eigenvalue weighted by Gasteiger charge is -2.07. The number of dihydropyridines is 1. The first kappa shape index (κ1) is 6.26. The lowest BCUT2D eigenvalue weighted by Crippen LogP contribution is -1.98. The Morgan fingerprint density at radius 3 is 3.00 bits per heavy atom. The number of rotatable bonds is 0. The van der Waals surface area contributed by atoms with Gasteiger partial charge in [-0.05, 0) is 19.4 Å². The van der Waals surface area contributed by atoms with E-state index in [1.807, 2.05) is 6.21 Å². The first-order valence-electron chi connectivity index (χ1n) is 2.62. The van der Waals surface area contributed by atoms with Gasteiger partial charge in [-0.25, -0.2) is 0 Å². The zero-order chi connectivity index (χ0) is 5.98. The van der Waals surface area contributed by atoms with E-state index in [4.69, 9.17) is 0 Å². The number of hydrogen-bond donors (Lipinski definition) is 0. The molecule has 0 spiro atoms. The van der Waals surface area contributed by atoms with Gasteiger partial charge >= 0.3 is 0 Å². The summed E-state index contributed by atoms with van der Waals surface area (Å²) in [5.74, 6) is 0. The largest absolute Gasteiger partial charge is 0.279 e. The average Bonchev–Trinajstić information content (AvgIpc) is 1.64. The summed E-state index contributed by atoms with van der Waals surface area (Å²) in [6.07, 6.45) is 5.07. The molecule has 0 N–H and O–H groups in total. The fourth-order valence-electron chi connectivity index (χ4n) is 0.650. The Morgan fingerprint density at radius 1 is 1.88 bits per heavy atom. The molecular formula is C6H8IN. The van der Waals surface area contributed by atoms with Crippen LogP contribution >= 0.6 is 22.6 Å². The van der Waals surface area contributed by atoms with Crippen LogP contribution in [0.25, 0.3) is 0 Å². The predicted molar refractivity (Wildman–Crippen MR) is 44.7 cm³/mol. The number of nitrogens with zero attached hydrogens (tertiary/aromatic N) is 1. The normalized spacial score (nSPS) is 27.8. The monoisotopic (exact) mass is 221 g/mol. The van der Waals surface area contributed by atoms with Crippen LogP contribution in [0, 0.1) is 0 Å². The van der Waals surface area contributed by atoms with Gasteiger partial charge in [-0.15, -0.1) is 0 Å². The van der Waals surface area contributed by atoms with Crippen LogP contribution in [0.1, 0.15) is 13.3 Å². The maximum atomic E-state index is 4.17. The van der Waals surface area contributed by atoms with Crippen molar-refractivity contribution < 1.29 is 0 Å². The first-order valence-corrected chi connectivity index (χ1v) is 3.86. The molecule has 0 aromatic carbocycles. The smallest absolute Gasteiger partial charge is 0.105 e. The van der Waals surface area contributed by atoms with Gasteiger partial charge in [0.2, 0.25) is 0 Å². The number of allylic oxidation sites excluding steroid dienone is 1. The van der Waals surface area contributed by atoms with E-state index < -0.39 is 0 Å². The highest BCUT2D eigenvalue weighted by Crippen LogP contribution is 2.16. The number of halogens is 1. The van der Waals surface area contributed by atoms with Crippen molar-refractivity contribution in [3.8, 4) is 0 Å². The van der Waals surface area contributed by atoms with Crippen molar-refractivity contribution >= 4 is 28.8 Å². The SMILES string of the molecule is CC1=CC=NC(I)C1. The third-order valence-electron chi connectivity index (χ3n) is 1.10. The molecule has 1 rings (SSSR count). The minimum Gasteiger partial charge on any atom is -0.279 e. The number of alkyl halides is 1. The highest BCUT2D eigenvalue weighted by atomic mass is 127. The van der Waals surface area contributed by atoms with E-state index in [9.17, 15) is 0 Å². The minimum atomic E-state index is 0.484. The molecule has 0 radical (unpaired) electrons. The first-order chi connectivity index (χ1) is 3.79. The van der Waals surface area contributed by atoms with Crippen LogP contribution in [-0.4, -0.2) is 10.3 Å². The Hall–Kier alpha value is 0.140. The molecule has 1 aliphatic rings. The lowest BCUT2D eigenvalue weighted by atomic mass is 10.2. The molecule has 1 unspecified atom stereocenters. The highest BCUT2D eigenvalue weighted by Gasteiger charge is 2.02. The summed E-state index contributed by atoms with van der Waals surface area (Å²) in [4.78, 5) is 4.17. The van der Waals surface area contributed by atoms with E-state index >= 15 is 0 Å². The van der Waals surface area contributed by atoms with Gasteiger partial charge < -0.3 is 0 Å². The van der Waals surface area contributed by atoms with Crippen LogP contribution in [0.4, 0.5) is 0 Å². The van der Waals surface area contributed by atoms with Crippen LogP contribution < -0.4 is 0 Å². The molecule has 1 nitrogen and oxygen atoms in total. The van der Waals surface area contributed by atoms with Crippen LogP contribution in [0.2, 0.25) is 0 Å². The Bertz CT molecular complexity index is 137. The van der Waals surface area contributed by atoms with E-state index in [-0.39, 0.29) is 0 Å². The van der Waals surface area contributed by atoms with Gasteiger partial charge in [-0.3, -0.25) is 4.99 Å². The molecule has 0 amide bonds. The van der Waals surface area contributed by atoms with E-state index in [2.05, 4.69) is 40.6 Å². The quantitative estimate of drug-likeness (QED) is 0.337. The van der Waals surface area contributed by atoms with E-state index in [1.54, 1.807) is 0 Å². The van der Waals surface area contributed by atoms with Crippen molar-refractivity contribution in [3.05, 3.63) is 11.6 Å². The predicted octanol–water partition coefficient (Wildman–Crippen LogP) is 2.17. The summed E-state index contributed by atoms with van der Waals surface area (Å²) in [6, 6.07) is 0. The molecule has 1 atom stereocenters. The Kier molecular flexibility index (Phi) is 2.05. The maximum Gasteiger partial charge on any atom is 0.105 e. The summed E-state index contributed by atoms with van der Waals surface area (Å²) in [5.41, 5.74) is 1.43. The van der Waals surface area contributed by atoms with Crippen molar-refractivity contribution in [1.29, 1.82) is 0 Å². The standard InChI is InChI=1S/C6H8IN/c1-5-2-3-8-6(7)4-5/h2-3,6H,4H2,1H3. The number of hydrogen-bond acceptors (Lipinski definition) is 1. The van der Waals surface area contributed by atoms with Crippen LogP contribution in [0.5, 0.6) is 0 Å². The average molecular weight is 221 g/mol.